The molecule has 0 aliphatic rings. The number of ether oxygens (including phenoxy) is 2. The number of hydrogen-bond donors (Lipinski definition) is 0. The largest absolute Gasteiger partial charge is 0.493 e. The van der Waals surface area contributed by atoms with Crippen molar-refractivity contribution in [2.45, 2.75) is 13.2 Å². The molecule has 0 aliphatic heterocycles. The highest BCUT2D eigenvalue weighted by atomic mass is 32.1. The Bertz CT molecular complexity index is 931. The summed E-state index contributed by atoms with van der Waals surface area (Å²) in [5.74, 6) is 2.83. The maximum Gasteiger partial charge on any atom is 0.199 e. The van der Waals surface area contributed by atoms with Gasteiger partial charge in [-0.05, 0) is 49.1 Å². The Labute approximate surface area is 157 Å². The summed E-state index contributed by atoms with van der Waals surface area (Å²) in [5, 5.41) is 4.59. The molecule has 0 amide bonds. The molecule has 3 aromatic rings. The van der Waals surface area contributed by atoms with Crippen LogP contribution in [0.15, 0.2) is 41.0 Å². The van der Waals surface area contributed by atoms with Crippen LogP contribution < -0.4 is 9.47 Å². The molecular formula is C18H22N4O3S. The highest BCUT2D eigenvalue weighted by molar-refractivity contribution is 7.71. The number of benzene rings is 1. The smallest absolute Gasteiger partial charge is 0.199 e. The maximum atomic E-state index is 5.50. The Hall–Kier alpha value is -2.58. The van der Waals surface area contributed by atoms with E-state index >= 15 is 0 Å². The van der Waals surface area contributed by atoms with Gasteiger partial charge in [0.05, 0.1) is 27.2 Å². The van der Waals surface area contributed by atoms with Crippen molar-refractivity contribution < 1.29 is 13.9 Å². The van der Waals surface area contributed by atoms with E-state index < -0.39 is 0 Å². The minimum Gasteiger partial charge on any atom is -0.493 e. The van der Waals surface area contributed by atoms with Crippen LogP contribution in [0.2, 0.25) is 0 Å². The van der Waals surface area contributed by atoms with E-state index in [0.29, 0.717) is 34.5 Å². The first-order valence-corrected chi connectivity index (χ1v) is 8.51. The third-order valence-corrected chi connectivity index (χ3v) is 4.54. The second-order valence-corrected chi connectivity index (χ2v) is 6.35. The Kier molecular flexibility index (Phi) is 5.43. The molecule has 2 aromatic heterocycles. The predicted octanol–water partition coefficient (Wildman–Crippen LogP) is 3.32. The first kappa shape index (κ1) is 18.2. The zero-order chi connectivity index (χ0) is 18.7. The molecule has 138 valence electrons. The monoisotopic (exact) mass is 374 g/mol. The van der Waals surface area contributed by atoms with Gasteiger partial charge in [0.15, 0.2) is 27.9 Å². The molecule has 0 unspecified atom stereocenters. The summed E-state index contributed by atoms with van der Waals surface area (Å²) in [7, 11) is 7.16. The van der Waals surface area contributed by atoms with Gasteiger partial charge in [0, 0.05) is 13.6 Å². The number of aromatic nitrogens is 3. The van der Waals surface area contributed by atoms with Crippen LogP contribution in [0.4, 0.5) is 0 Å². The molecule has 7 nitrogen and oxygen atoms in total. The van der Waals surface area contributed by atoms with Crippen molar-refractivity contribution in [3.63, 3.8) is 0 Å². The van der Waals surface area contributed by atoms with E-state index in [0.717, 1.165) is 12.1 Å². The fourth-order valence-corrected chi connectivity index (χ4v) is 2.95. The average molecular weight is 374 g/mol. The molecule has 0 saturated carbocycles. The van der Waals surface area contributed by atoms with Gasteiger partial charge < -0.3 is 18.5 Å². The Morgan fingerprint density at radius 3 is 2.62 bits per heavy atom. The Morgan fingerprint density at radius 2 is 1.96 bits per heavy atom. The lowest BCUT2D eigenvalue weighted by molar-refractivity contribution is 0.243. The Balaban J connectivity index is 1.76. The molecule has 8 heteroatoms. The normalized spacial score (nSPS) is 11.1. The summed E-state index contributed by atoms with van der Waals surface area (Å²) in [6.07, 6.45) is 1.63. The van der Waals surface area contributed by atoms with Crippen molar-refractivity contribution in [3.05, 3.63) is 46.9 Å². The lowest BCUT2D eigenvalue weighted by Crippen LogP contribution is -2.22. The van der Waals surface area contributed by atoms with Gasteiger partial charge in [-0.3, -0.25) is 4.90 Å². The molecule has 0 bridgehead atoms. The molecule has 0 saturated heterocycles. The minimum atomic E-state index is 0.557. The topological polar surface area (TPSA) is 57.6 Å². The van der Waals surface area contributed by atoms with E-state index in [1.54, 1.807) is 25.2 Å². The van der Waals surface area contributed by atoms with Gasteiger partial charge in [0.2, 0.25) is 0 Å². The molecule has 0 aliphatic carbocycles. The summed E-state index contributed by atoms with van der Waals surface area (Å²) >= 11 is 5.50. The fourth-order valence-electron chi connectivity index (χ4n) is 2.77. The zero-order valence-corrected chi connectivity index (χ0v) is 16.1. The van der Waals surface area contributed by atoms with Crippen LogP contribution in [0, 0.1) is 4.77 Å². The van der Waals surface area contributed by atoms with Gasteiger partial charge in [0.1, 0.15) is 0 Å². The van der Waals surface area contributed by atoms with Crippen LogP contribution in [-0.4, -0.2) is 40.5 Å². The fraction of sp³-hybridized carbons (Fsp3) is 0.333. The standard InChI is InChI=1S/C18H22N4O3S/c1-20(11-13-7-8-14(23-3)16(10-13)24-4)12-22-18(26)21(2)17(19-22)15-6-5-9-25-15/h5-10H,11-12H2,1-4H3. The number of hydrogen-bond acceptors (Lipinski definition) is 6. The molecule has 0 fully saturated rings. The maximum absolute atomic E-state index is 5.50. The van der Waals surface area contributed by atoms with Gasteiger partial charge >= 0.3 is 0 Å². The van der Waals surface area contributed by atoms with Crippen LogP contribution >= 0.6 is 12.2 Å². The van der Waals surface area contributed by atoms with Crippen LogP contribution in [0.5, 0.6) is 11.5 Å². The highest BCUT2D eigenvalue weighted by Crippen LogP contribution is 2.28. The molecule has 1 aromatic carbocycles. The summed E-state index contributed by atoms with van der Waals surface area (Å²) in [6.45, 7) is 1.27. The summed E-state index contributed by atoms with van der Waals surface area (Å²) in [5.41, 5.74) is 1.11. The second kappa shape index (κ2) is 7.76. The minimum absolute atomic E-state index is 0.557. The van der Waals surface area contributed by atoms with E-state index in [4.69, 9.17) is 26.1 Å². The molecule has 0 N–H and O–H groups in total. The number of rotatable bonds is 7. The quantitative estimate of drug-likeness (QED) is 0.592. The summed E-state index contributed by atoms with van der Waals surface area (Å²) in [6, 6.07) is 9.60. The van der Waals surface area contributed by atoms with Crippen LogP contribution in [-0.2, 0) is 20.3 Å². The molecule has 0 atom stereocenters. The van der Waals surface area contributed by atoms with E-state index in [1.165, 1.54) is 0 Å². The highest BCUT2D eigenvalue weighted by Gasteiger charge is 2.14. The van der Waals surface area contributed by atoms with Crippen molar-refractivity contribution in [2.24, 2.45) is 7.05 Å². The number of nitrogens with zero attached hydrogens (tertiary/aromatic N) is 4. The van der Waals surface area contributed by atoms with Gasteiger partial charge in [-0.2, -0.15) is 0 Å². The van der Waals surface area contributed by atoms with Gasteiger partial charge in [-0.25, -0.2) is 4.68 Å². The van der Waals surface area contributed by atoms with E-state index in [9.17, 15) is 0 Å². The van der Waals surface area contributed by atoms with Crippen LogP contribution in [0.1, 0.15) is 5.56 Å². The van der Waals surface area contributed by atoms with E-state index in [-0.39, 0.29) is 0 Å². The number of furan rings is 1. The second-order valence-electron chi connectivity index (χ2n) is 5.99. The SMILES string of the molecule is COc1ccc(CN(C)Cn2nc(-c3ccco3)n(C)c2=S)cc1OC. The average Bonchev–Trinajstić information content (AvgIpc) is 3.26. The lowest BCUT2D eigenvalue weighted by Gasteiger charge is -2.17. The lowest BCUT2D eigenvalue weighted by atomic mass is 10.2. The van der Waals surface area contributed by atoms with Gasteiger partial charge in [-0.15, -0.1) is 5.10 Å². The van der Waals surface area contributed by atoms with Crippen molar-refractivity contribution in [1.29, 1.82) is 0 Å². The third kappa shape index (κ3) is 3.66. The molecular weight excluding hydrogens is 352 g/mol. The van der Waals surface area contributed by atoms with Crippen molar-refractivity contribution in [3.8, 4) is 23.1 Å². The third-order valence-electron chi connectivity index (χ3n) is 4.06. The molecule has 2 heterocycles. The number of methoxy groups -OCH3 is 2. The van der Waals surface area contributed by atoms with E-state index in [2.05, 4.69) is 10.00 Å². The molecule has 0 radical (unpaired) electrons. The van der Waals surface area contributed by atoms with Crippen LogP contribution in [0.25, 0.3) is 11.6 Å². The molecule has 0 spiro atoms. The van der Waals surface area contributed by atoms with Crippen LogP contribution in [0.3, 0.4) is 0 Å². The van der Waals surface area contributed by atoms with Gasteiger partial charge in [0.25, 0.3) is 0 Å². The zero-order valence-electron chi connectivity index (χ0n) is 15.3. The molecule has 26 heavy (non-hydrogen) atoms. The summed E-state index contributed by atoms with van der Waals surface area (Å²) < 4.78 is 20.3. The van der Waals surface area contributed by atoms with Crippen molar-refractivity contribution >= 4 is 12.2 Å². The van der Waals surface area contributed by atoms with Crippen molar-refractivity contribution in [2.75, 3.05) is 21.3 Å². The van der Waals surface area contributed by atoms with Crippen molar-refractivity contribution in [1.82, 2.24) is 19.2 Å². The predicted molar refractivity (Wildman–Crippen MR) is 101 cm³/mol. The van der Waals surface area contributed by atoms with Gasteiger partial charge in [-0.1, -0.05) is 6.07 Å². The first-order chi connectivity index (χ1) is 12.5. The molecule has 3 rings (SSSR count). The summed E-state index contributed by atoms with van der Waals surface area (Å²) in [4.78, 5) is 2.12. The van der Waals surface area contributed by atoms with E-state index in [1.807, 2.05) is 49.0 Å². The first-order valence-electron chi connectivity index (χ1n) is 8.10. The Morgan fingerprint density at radius 1 is 1.19 bits per heavy atom.